The van der Waals surface area contributed by atoms with Crippen molar-refractivity contribution in [2.75, 3.05) is 11.9 Å². The van der Waals surface area contributed by atoms with Crippen LogP contribution in [0.15, 0.2) is 6.20 Å². The van der Waals surface area contributed by atoms with Crippen molar-refractivity contribution in [1.29, 1.82) is 0 Å². The summed E-state index contributed by atoms with van der Waals surface area (Å²) in [5.74, 6) is 0. The molecule has 0 saturated carbocycles. The van der Waals surface area contributed by atoms with Crippen molar-refractivity contribution in [3.63, 3.8) is 0 Å². The third kappa shape index (κ3) is 3.91. The Hall–Kier alpha value is -1.03. The van der Waals surface area contributed by atoms with Gasteiger partial charge in [0.15, 0.2) is 0 Å². The molecular weight excluding hydrogens is 190 g/mol. The first kappa shape index (κ1) is 12.0. The van der Waals surface area contributed by atoms with Gasteiger partial charge in [0.25, 0.3) is 0 Å². The van der Waals surface area contributed by atoms with Gasteiger partial charge in [0, 0.05) is 19.8 Å². The van der Waals surface area contributed by atoms with E-state index in [2.05, 4.69) is 17.3 Å². The summed E-state index contributed by atoms with van der Waals surface area (Å²) in [7, 11) is 1.92. The summed E-state index contributed by atoms with van der Waals surface area (Å²) in [5.41, 5.74) is 1.54. The van der Waals surface area contributed by atoms with Gasteiger partial charge >= 0.3 is 0 Å². The standard InChI is InChI=1S/C11H21N3O/c1-5-9-10(8-14(4)13-9)12-7-6-11(2,3)15/h8,12,15H,5-7H2,1-4H3. The van der Waals surface area contributed by atoms with E-state index in [9.17, 15) is 5.11 Å². The van der Waals surface area contributed by atoms with Gasteiger partial charge in [-0.15, -0.1) is 0 Å². The van der Waals surface area contributed by atoms with E-state index in [1.54, 1.807) is 0 Å². The van der Waals surface area contributed by atoms with Gasteiger partial charge in [-0.05, 0) is 26.7 Å². The number of hydrogen-bond donors (Lipinski definition) is 2. The van der Waals surface area contributed by atoms with Crippen molar-refractivity contribution >= 4 is 5.69 Å². The SMILES string of the molecule is CCc1nn(C)cc1NCCC(C)(C)O. The van der Waals surface area contributed by atoms with Gasteiger partial charge in [-0.2, -0.15) is 5.10 Å². The zero-order valence-electron chi connectivity index (χ0n) is 10.0. The van der Waals surface area contributed by atoms with E-state index in [1.165, 1.54) is 0 Å². The van der Waals surface area contributed by atoms with Crippen LogP contribution in [0.25, 0.3) is 0 Å². The highest BCUT2D eigenvalue weighted by molar-refractivity contribution is 5.46. The molecule has 4 nitrogen and oxygen atoms in total. The second kappa shape index (κ2) is 4.66. The summed E-state index contributed by atoms with van der Waals surface area (Å²) < 4.78 is 1.81. The van der Waals surface area contributed by atoms with E-state index in [-0.39, 0.29) is 0 Å². The van der Waals surface area contributed by atoms with E-state index in [1.807, 2.05) is 31.8 Å². The molecule has 86 valence electrons. The number of aromatic nitrogens is 2. The Kier molecular flexibility index (Phi) is 3.74. The van der Waals surface area contributed by atoms with Crippen LogP contribution in [-0.4, -0.2) is 27.0 Å². The number of rotatable bonds is 5. The molecule has 1 heterocycles. The van der Waals surface area contributed by atoms with Crippen LogP contribution in [-0.2, 0) is 13.5 Å². The van der Waals surface area contributed by atoms with Gasteiger partial charge in [0.1, 0.15) is 0 Å². The smallest absolute Gasteiger partial charge is 0.0853 e. The molecule has 1 rings (SSSR count). The summed E-state index contributed by atoms with van der Waals surface area (Å²) in [4.78, 5) is 0. The molecule has 4 heteroatoms. The minimum atomic E-state index is -0.610. The van der Waals surface area contributed by atoms with Crippen molar-refractivity contribution in [2.45, 2.75) is 39.2 Å². The minimum Gasteiger partial charge on any atom is -0.390 e. The molecule has 0 aromatic carbocycles. The van der Waals surface area contributed by atoms with Crippen molar-refractivity contribution in [2.24, 2.45) is 7.05 Å². The van der Waals surface area contributed by atoms with Crippen molar-refractivity contribution < 1.29 is 5.11 Å². The highest BCUT2D eigenvalue weighted by Crippen LogP contribution is 2.15. The first-order valence-electron chi connectivity index (χ1n) is 5.41. The first-order valence-corrected chi connectivity index (χ1v) is 5.41. The molecule has 15 heavy (non-hydrogen) atoms. The van der Waals surface area contributed by atoms with Crippen molar-refractivity contribution in [1.82, 2.24) is 9.78 Å². The fourth-order valence-electron chi connectivity index (χ4n) is 1.45. The second-order valence-electron chi connectivity index (χ2n) is 4.51. The van der Waals surface area contributed by atoms with Gasteiger partial charge in [-0.3, -0.25) is 4.68 Å². The molecule has 0 fully saturated rings. The third-order valence-corrected chi connectivity index (χ3v) is 2.29. The molecule has 0 atom stereocenters. The topological polar surface area (TPSA) is 50.1 Å². The summed E-state index contributed by atoms with van der Waals surface area (Å²) >= 11 is 0. The first-order chi connectivity index (χ1) is 6.92. The highest BCUT2D eigenvalue weighted by Gasteiger charge is 2.12. The Morgan fingerprint density at radius 2 is 2.20 bits per heavy atom. The van der Waals surface area contributed by atoms with Gasteiger partial charge in [-0.1, -0.05) is 6.92 Å². The van der Waals surface area contributed by atoms with Crippen LogP contribution in [0, 0.1) is 0 Å². The predicted molar refractivity (Wildman–Crippen MR) is 62.0 cm³/mol. The number of aliphatic hydroxyl groups is 1. The molecule has 1 aromatic heterocycles. The van der Waals surface area contributed by atoms with Crippen LogP contribution in [0.5, 0.6) is 0 Å². The molecule has 0 amide bonds. The average Bonchev–Trinajstić information content (AvgIpc) is 2.44. The van der Waals surface area contributed by atoms with Crippen molar-refractivity contribution in [3.05, 3.63) is 11.9 Å². The molecule has 0 unspecified atom stereocenters. The summed E-state index contributed by atoms with van der Waals surface area (Å²) in [6.07, 6.45) is 3.62. The fraction of sp³-hybridized carbons (Fsp3) is 0.727. The van der Waals surface area contributed by atoms with E-state index in [0.717, 1.165) is 30.8 Å². The van der Waals surface area contributed by atoms with Crippen LogP contribution >= 0.6 is 0 Å². The lowest BCUT2D eigenvalue weighted by Gasteiger charge is -2.17. The van der Waals surface area contributed by atoms with Gasteiger partial charge in [0.2, 0.25) is 0 Å². The maximum atomic E-state index is 9.57. The van der Waals surface area contributed by atoms with E-state index in [4.69, 9.17) is 0 Å². The lowest BCUT2D eigenvalue weighted by molar-refractivity contribution is 0.0749. The van der Waals surface area contributed by atoms with E-state index < -0.39 is 5.60 Å². The molecule has 0 aliphatic carbocycles. The van der Waals surface area contributed by atoms with Crippen molar-refractivity contribution in [3.8, 4) is 0 Å². The largest absolute Gasteiger partial charge is 0.390 e. The van der Waals surface area contributed by atoms with Gasteiger partial charge in [0.05, 0.1) is 17.0 Å². The van der Waals surface area contributed by atoms with Gasteiger partial charge in [-0.25, -0.2) is 0 Å². The van der Waals surface area contributed by atoms with E-state index >= 15 is 0 Å². The number of aryl methyl sites for hydroxylation is 2. The Balaban J connectivity index is 2.50. The minimum absolute atomic E-state index is 0.610. The maximum absolute atomic E-state index is 9.57. The lowest BCUT2D eigenvalue weighted by atomic mass is 10.1. The van der Waals surface area contributed by atoms with Crippen LogP contribution in [0.1, 0.15) is 32.9 Å². The lowest BCUT2D eigenvalue weighted by Crippen LogP contribution is -2.22. The Bertz CT molecular complexity index is 312. The zero-order chi connectivity index (χ0) is 11.5. The molecule has 0 bridgehead atoms. The Morgan fingerprint density at radius 1 is 1.53 bits per heavy atom. The monoisotopic (exact) mass is 211 g/mol. The summed E-state index contributed by atoms with van der Waals surface area (Å²) in [5, 5.41) is 17.2. The third-order valence-electron chi connectivity index (χ3n) is 2.29. The molecule has 0 radical (unpaired) electrons. The zero-order valence-corrected chi connectivity index (χ0v) is 10.0. The molecule has 1 aromatic rings. The maximum Gasteiger partial charge on any atom is 0.0853 e. The quantitative estimate of drug-likeness (QED) is 0.777. The summed E-state index contributed by atoms with van der Waals surface area (Å²) in [6.45, 7) is 6.49. The normalized spacial score (nSPS) is 11.8. The van der Waals surface area contributed by atoms with Crippen LogP contribution in [0.2, 0.25) is 0 Å². The highest BCUT2D eigenvalue weighted by atomic mass is 16.3. The molecular formula is C11H21N3O. The molecule has 0 aliphatic heterocycles. The summed E-state index contributed by atoms with van der Waals surface area (Å²) in [6, 6.07) is 0. The number of nitrogens with zero attached hydrogens (tertiary/aromatic N) is 2. The molecule has 0 aliphatic rings. The van der Waals surface area contributed by atoms with Crippen LogP contribution in [0.4, 0.5) is 5.69 Å². The number of anilines is 1. The average molecular weight is 211 g/mol. The predicted octanol–water partition coefficient (Wildman–Crippen LogP) is 1.56. The fourth-order valence-corrected chi connectivity index (χ4v) is 1.45. The van der Waals surface area contributed by atoms with Gasteiger partial charge < -0.3 is 10.4 Å². The molecule has 2 N–H and O–H groups in total. The Labute approximate surface area is 91.3 Å². The Morgan fingerprint density at radius 3 is 2.73 bits per heavy atom. The number of nitrogens with one attached hydrogen (secondary N) is 1. The molecule has 0 spiro atoms. The second-order valence-corrected chi connectivity index (χ2v) is 4.51. The van der Waals surface area contributed by atoms with E-state index in [0.29, 0.717) is 0 Å². The number of hydrogen-bond acceptors (Lipinski definition) is 3. The van der Waals surface area contributed by atoms with Crippen LogP contribution < -0.4 is 5.32 Å². The van der Waals surface area contributed by atoms with Crippen LogP contribution in [0.3, 0.4) is 0 Å². The molecule has 0 saturated heterocycles.